The maximum absolute atomic E-state index is 11.9. The Bertz CT molecular complexity index is 795. The third-order valence-corrected chi connectivity index (χ3v) is 2.74. The number of aromatic nitrogens is 3. The number of pyridine rings is 2. The number of aryl methyl sites for hydroxylation is 1. The molecule has 5 nitrogen and oxygen atoms in total. The molecular weight excluding hydrogens is 240 g/mol. The van der Waals surface area contributed by atoms with Crippen LogP contribution in [0.5, 0.6) is 0 Å². The molecule has 3 heterocycles. The van der Waals surface area contributed by atoms with Crippen LogP contribution in [0.3, 0.4) is 0 Å². The predicted molar refractivity (Wildman–Crippen MR) is 73.7 cm³/mol. The van der Waals surface area contributed by atoms with Gasteiger partial charge in [-0.1, -0.05) is 6.07 Å². The second kappa shape index (κ2) is 4.53. The Hall–Kier alpha value is -2.69. The van der Waals surface area contributed by atoms with Crippen LogP contribution in [0.2, 0.25) is 0 Å². The highest BCUT2D eigenvalue weighted by Crippen LogP contribution is 2.12. The van der Waals surface area contributed by atoms with E-state index < -0.39 is 0 Å². The Balaban J connectivity index is 2.04. The van der Waals surface area contributed by atoms with E-state index in [0.29, 0.717) is 17.3 Å². The first-order valence-corrected chi connectivity index (χ1v) is 5.90. The number of hydrogen-bond acceptors (Lipinski definition) is 4. The van der Waals surface area contributed by atoms with E-state index in [1.807, 2.05) is 25.1 Å². The molecule has 0 fully saturated rings. The van der Waals surface area contributed by atoms with Gasteiger partial charge in [-0.2, -0.15) is 0 Å². The second-order valence-corrected chi connectivity index (χ2v) is 4.25. The van der Waals surface area contributed by atoms with Crippen LogP contribution in [0.15, 0.2) is 53.6 Å². The summed E-state index contributed by atoms with van der Waals surface area (Å²) in [6, 6.07) is 10.7. The fourth-order valence-electron chi connectivity index (χ4n) is 1.85. The third-order valence-electron chi connectivity index (χ3n) is 2.74. The van der Waals surface area contributed by atoms with Gasteiger partial charge in [0.05, 0.1) is 0 Å². The standard InChI is InChI=1S/C14H12N4O/c1-10-5-6-15-11(8-10)16-12-9-14(19)18-7-3-2-4-13(18)17-12/h2-9H,1H3,(H,15,16). The fraction of sp³-hybridized carbons (Fsp3) is 0.0714. The van der Waals surface area contributed by atoms with Gasteiger partial charge in [0.25, 0.3) is 5.56 Å². The molecule has 3 aromatic rings. The van der Waals surface area contributed by atoms with E-state index in [1.165, 1.54) is 10.5 Å². The number of nitrogens with zero attached hydrogens (tertiary/aromatic N) is 3. The monoisotopic (exact) mass is 252 g/mol. The van der Waals surface area contributed by atoms with Crippen molar-refractivity contribution >= 4 is 17.3 Å². The van der Waals surface area contributed by atoms with E-state index in [2.05, 4.69) is 15.3 Å². The minimum absolute atomic E-state index is 0.124. The SMILES string of the molecule is Cc1ccnc(Nc2cc(=O)n3ccccc3n2)c1. The topological polar surface area (TPSA) is 59.3 Å². The van der Waals surface area contributed by atoms with Gasteiger partial charge < -0.3 is 5.32 Å². The zero-order valence-corrected chi connectivity index (χ0v) is 10.4. The van der Waals surface area contributed by atoms with Crippen molar-refractivity contribution in [3.05, 3.63) is 64.7 Å². The molecule has 0 spiro atoms. The molecule has 1 N–H and O–H groups in total. The van der Waals surface area contributed by atoms with Crippen LogP contribution >= 0.6 is 0 Å². The molecule has 5 heteroatoms. The van der Waals surface area contributed by atoms with Gasteiger partial charge >= 0.3 is 0 Å². The highest BCUT2D eigenvalue weighted by molar-refractivity contribution is 5.55. The van der Waals surface area contributed by atoms with Crippen LogP contribution in [0, 0.1) is 6.92 Å². The fourth-order valence-corrected chi connectivity index (χ4v) is 1.85. The van der Waals surface area contributed by atoms with Crippen molar-refractivity contribution in [2.24, 2.45) is 0 Å². The van der Waals surface area contributed by atoms with E-state index in [4.69, 9.17) is 0 Å². The smallest absolute Gasteiger partial charge is 0.259 e. The van der Waals surface area contributed by atoms with Crippen LogP contribution < -0.4 is 10.9 Å². The summed E-state index contributed by atoms with van der Waals surface area (Å²) in [7, 11) is 0. The van der Waals surface area contributed by atoms with Crippen molar-refractivity contribution in [3.8, 4) is 0 Å². The molecule has 0 saturated carbocycles. The lowest BCUT2D eigenvalue weighted by molar-refractivity contribution is 1.05. The predicted octanol–water partition coefficient (Wildman–Crippen LogP) is 2.14. The molecule has 0 bridgehead atoms. The normalized spacial score (nSPS) is 10.6. The molecule has 0 saturated heterocycles. The van der Waals surface area contributed by atoms with Crippen molar-refractivity contribution in [2.75, 3.05) is 5.32 Å². The zero-order valence-electron chi connectivity index (χ0n) is 10.4. The maximum atomic E-state index is 11.9. The summed E-state index contributed by atoms with van der Waals surface area (Å²) in [4.78, 5) is 20.5. The van der Waals surface area contributed by atoms with Crippen LogP contribution in [-0.2, 0) is 0 Å². The molecule has 0 aliphatic rings. The zero-order chi connectivity index (χ0) is 13.2. The van der Waals surface area contributed by atoms with Crippen molar-refractivity contribution in [2.45, 2.75) is 6.92 Å². The molecule has 0 aliphatic heterocycles. The Morgan fingerprint density at radius 1 is 1.16 bits per heavy atom. The average molecular weight is 252 g/mol. The summed E-state index contributed by atoms with van der Waals surface area (Å²) in [5, 5.41) is 3.04. The van der Waals surface area contributed by atoms with Gasteiger partial charge in [0.2, 0.25) is 0 Å². The van der Waals surface area contributed by atoms with E-state index in [-0.39, 0.29) is 5.56 Å². The van der Waals surface area contributed by atoms with Crippen LogP contribution in [-0.4, -0.2) is 14.4 Å². The van der Waals surface area contributed by atoms with Crippen molar-refractivity contribution < 1.29 is 0 Å². The van der Waals surface area contributed by atoms with Crippen LogP contribution in [0.4, 0.5) is 11.6 Å². The minimum atomic E-state index is -0.124. The van der Waals surface area contributed by atoms with Crippen molar-refractivity contribution in [3.63, 3.8) is 0 Å². The van der Waals surface area contributed by atoms with Crippen LogP contribution in [0.1, 0.15) is 5.56 Å². The van der Waals surface area contributed by atoms with E-state index >= 15 is 0 Å². The molecule has 3 aromatic heterocycles. The Labute approximate surface area is 109 Å². The van der Waals surface area contributed by atoms with Gasteiger partial charge in [-0.05, 0) is 36.8 Å². The molecular formula is C14H12N4O. The molecule has 3 rings (SSSR count). The van der Waals surface area contributed by atoms with E-state index in [9.17, 15) is 4.79 Å². The van der Waals surface area contributed by atoms with Gasteiger partial charge in [-0.25, -0.2) is 9.97 Å². The maximum Gasteiger partial charge on any atom is 0.259 e. The highest BCUT2D eigenvalue weighted by atomic mass is 16.1. The first-order valence-electron chi connectivity index (χ1n) is 5.90. The number of hydrogen-bond donors (Lipinski definition) is 1. The number of fused-ring (bicyclic) bond motifs is 1. The largest absolute Gasteiger partial charge is 0.325 e. The molecule has 94 valence electrons. The molecule has 0 aliphatic carbocycles. The lowest BCUT2D eigenvalue weighted by atomic mass is 10.3. The van der Waals surface area contributed by atoms with Gasteiger partial charge in [-0.15, -0.1) is 0 Å². The first-order chi connectivity index (χ1) is 9.22. The lowest BCUT2D eigenvalue weighted by Crippen LogP contribution is -2.14. The number of anilines is 2. The summed E-state index contributed by atoms with van der Waals surface area (Å²) >= 11 is 0. The summed E-state index contributed by atoms with van der Waals surface area (Å²) in [5.74, 6) is 1.17. The Kier molecular flexibility index (Phi) is 2.72. The molecule has 0 amide bonds. The summed E-state index contributed by atoms with van der Waals surface area (Å²) < 4.78 is 1.49. The Morgan fingerprint density at radius 2 is 2.05 bits per heavy atom. The summed E-state index contributed by atoms with van der Waals surface area (Å²) in [6.45, 7) is 1.98. The van der Waals surface area contributed by atoms with Gasteiger partial charge in [0.15, 0.2) is 0 Å². The summed E-state index contributed by atoms with van der Waals surface area (Å²) in [5.41, 5.74) is 1.57. The quantitative estimate of drug-likeness (QED) is 0.759. The van der Waals surface area contributed by atoms with Crippen molar-refractivity contribution in [1.29, 1.82) is 0 Å². The Morgan fingerprint density at radius 3 is 2.89 bits per heavy atom. The molecule has 19 heavy (non-hydrogen) atoms. The second-order valence-electron chi connectivity index (χ2n) is 4.25. The lowest BCUT2D eigenvalue weighted by Gasteiger charge is -2.06. The van der Waals surface area contributed by atoms with E-state index in [1.54, 1.807) is 24.5 Å². The summed E-state index contributed by atoms with van der Waals surface area (Å²) in [6.07, 6.45) is 3.41. The third kappa shape index (κ3) is 2.30. The van der Waals surface area contributed by atoms with Gasteiger partial charge in [0.1, 0.15) is 17.3 Å². The first kappa shape index (κ1) is 11.4. The van der Waals surface area contributed by atoms with Crippen LogP contribution in [0.25, 0.3) is 5.65 Å². The number of nitrogens with one attached hydrogen (secondary N) is 1. The van der Waals surface area contributed by atoms with Crippen molar-refractivity contribution in [1.82, 2.24) is 14.4 Å². The molecule has 0 unspecified atom stereocenters. The molecule has 0 atom stereocenters. The average Bonchev–Trinajstić information content (AvgIpc) is 2.39. The van der Waals surface area contributed by atoms with Gasteiger partial charge in [-0.3, -0.25) is 9.20 Å². The molecule has 0 aromatic carbocycles. The highest BCUT2D eigenvalue weighted by Gasteiger charge is 2.02. The van der Waals surface area contributed by atoms with Gasteiger partial charge in [0, 0.05) is 18.5 Å². The minimum Gasteiger partial charge on any atom is -0.325 e. The van der Waals surface area contributed by atoms with E-state index in [0.717, 1.165) is 5.56 Å². The molecule has 0 radical (unpaired) electrons. The number of rotatable bonds is 2.